The Morgan fingerprint density at radius 1 is 1.19 bits per heavy atom. The molecule has 2 aliphatic heterocycles. The van der Waals surface area contributed by atoms with Gasteiger partial charge in [-0.05, 0) is 42.5 Å². The first-order valence-corrected chi connectivity index (χ1v) is 7.97. The van der Waals surface area contributed by atoms with Crippen molar-refractivity contribution >= 4 is 52.6 Å². The highest BCUT2D eigenvalue weighted by Gasteiger charge is 2.46. The number of thioether (sulfide) groups is 1. The number of hydrogen-bond donors (Lipinski definition) is 1. The third-order valence-corrected chi connectivity index (χ3v) is 5.80. The molecule has 2 heterocycles. The molecule has 3 amide bonds. The molecule has 21 heavy (non-hydrogen) atoms. The number of fused-ring (bicyclic) bond motifs is 1. The van der Waals surface area contributed by atoms with Gasteiger partial charge < -0.3 is 5.32 Å². The van der Waals surface area contributed by atoms with Gasteiger partial charge in [-0.25, -0.2) is 9.69 Å². The van der Waals surface area contributed by atoms with Gasteiger partial charge >= 0.3 is 6.03 Å². The molecule has 0 radical (unpaired) electrons. The van der Waals surface area contributed by atoms with Crippen molar-refractivity contribution in [1.29, 1.82) is 0 Å². The number of carbonyl (C=O) groups is 2. The predicted octanol–water partition coefficient (Wildman–Crippen LogP) is 4.03. The van der Waals surface area contributed by atoms with E-state index in [-0.39, 0.29) is 17.2 Å². The van der Waals surface area contributed by atoms with Crippen molar-refractivity contribution < 1.29 is 9.59 Å². The Morgan fingerprint density at radius 3 is 2.57 bits per heavy atom. The third-order valence-electron chi connectivity index (χ3n) is 3.74. The van der Waals surface area contributed by atoms with Crippen LogP contribution in [0.3, 0.4) is 0 Å². The standard InChI is InChI=1S/C14H12Cl2N2O2S/c1-6-7(2)21-12-11(6)13(19)18(14(20)17-12)8-3-4-9(15)10(16)5-8/h3-5,11-12H,1-2H3,(H,17,20). The van der Waals surface area contributed by atoms with Crippen molar-refractivity contribution in [2.75, 3.05) is 4.90 Å². The number of carbonyl (C=O) groups excluding carboxylic acids is 2. The zero-order valence-corrected chi connectivity index (χ0v) is 13.6. The van der Waals surface area contributed by atoms with Gasteiger partial charge in [0.25, 0.3) is 0 Å². The summed E-state index contributed by atoms with van der Waals surface area (Å²) in [6.45, 7) is 3.89. The van der Waals surface area contributed by atoms with Gasteiger partial charge in [-0.15, -0.1) is 11.8 Å². The monoisotopic (exact) mass is 342 g/mol. The minimum atomic E-state index is -0.436. The maximum Gasteiger partial charge on any atom is 0.329 e. The van der Waals surface area contributed by atoms with Crippen LogP contribution >= 0.6 is 35.0 Å². The average molecular weight is 343 g/mol. The molecule has 0 aromatic heterocycles. The first-order chi connectivity index (χ1) is 9.90. The van der Waals surface area contributed by atoms with Gasteiger partial charge in [0.05, 0.1) is 27.0 Å². The minimum absolute atomic E-state index is 0.218. The molecule has 0 saturated carbocycles. The number of imide groups is 1. The molecule has 1 fully saturated rings. The van der Waals surface area contributed by atoms with Crippen LogP contribution < -0.4 is 10.2 Å². The lowest BCUT2D eigenvalue weighted by molar-refractivity contribution is -0.121. The van der Waals surface area contributed by atoms with Gasteiger partial charge in [0, 0.05) is 0 Å². The zero-order valence-electron chi connectivity index (χ0n) is 11.3. The van der Waals surface area contributed by atoms with Crippen molar-refractivity contribution in [2.24, 2.45) is 5.92 Å². The Morgan fingerprint density at radius 2 is 1.90 bits per heavy atom. The van der Waals surface area contributed by atoms with E-state index < -0.39 is 6.03 Å². The number of allylic oxidation sites excluding steroid dienone is 1. The molecule has 1 aromatic rings. The van der Waals surface area contributed by atoms with Gasteiger partial charge in [0.15, 0.2) is 0 Å². The van der Waals surface area contributed by atoms with Crippen LogP contribution in [0, 0.1) is 5.92 Å². The first kappa shape index (κ1) is 14.8. The van der Waals surface area contributed by atoms with E-state index in [4.69, 9.17) is 23.2 Å². The predicted molar refractivity (Wildman–Crippen MR) is 85.7 cm³/mol. The van der Waals surface area contributed by atoms with Gasteiger partial charge in [-0.2, -0.15) is 0 Å². The number of benzene rings is 1. The summed E-state index contributed by atoms with van der Waals surface area (Å²) in [5.41, 5.74) is 1.42. The maximum atomic E-state index is 12.7. The van der Waals surface area contributed by atoms with Crippen molar-refractivity contribution in [3.8, 4) is 0 Å². The summed E-state index contributed by atoms with van der Waals surface area (Å²) < 4.78 is 0. The van der Waals surface area contributed by atoms with Gasteiger partial charge in [-0.3, -0.25) is 4.79 Å². The summed E-state index contributed by atoms with van der Waals surface area (Å²) in [5.74, 6) is -0.564. The molecule has 110 valence electrons. The second-order valence-electron chi connectivity index (χ2n) is 4.98. The van der Waals surface area contributed by atoms with Gasteiger partial charge in [0.1, 0.15) is 0 Å². The Kier molecular flexibility index (Phi) is 3.67. The summed E-state index contributed by atoms with van der Waals surface area (Å²) in [5, 5.41) is 3.33. The number of nitrogens with one attached hydrogen (secondary N) is 1. The van der Waals surface area contributed by atoms with Crippen LogP contribution in [-0.4, -0.2) is 17.3 Å². The topological polar surface area (TPSA) is 49.4 Å². The smallest absolute Gasteiger partial charge is 0.324 e. The van der Waals surface area contributed by atoms with Crippen molar-refractivity contribution in [3.05, 3.63) is 38.7 Å². The van der Waals surface area contributed by atoms with Crippen LogP contribution in [0.4, 0.5) is 10.5 Å². The second-order valence-corrected chi connectivity index (χ2v) is 7.15. The van der Waals surface area contributed by atoms with E-state index in [0.29, 0.717) is 15.7 Å². The van der Waals surface area contributed by atoms with Crippen molar-refractivity contribution in [3.63, 3.8) is 0 Å². The van der Waals surface area contributed by atoms with Crippen LogP contribution in [0.2, 0.25) is 10.0 Å². The lowest BCUT2D eigenvalue weighted by Gasteiger charge is -2.34. The molecule has 0 spiro atoms. The van der Waals surface area contributed by atoms with Crippen LogP contribution in [0.15, 0.2) is 28.7 Å². The van der Waals surface area contributed by atoms with Crippen molar-refractivity contribution in [1.82, 2.24) is 5.32 Å². The van der Waals surface area contributed by atoms with Crippen molar-refractivity contribution in [2.45, 2.75) is 19.2 Å². The van der Waals surface area contributed by atoms with Crippen LogP contribution in [0.1, 0.15) is 13.8 Å². The highest BCUT2D eigenvalue weighted by molar-refractivity contribution is 8.04. The maximum absolute atomic E-state index is 12.7. The van der Waals surface area contributed by atoms with Gasteiger partial charge in [-0.1, -0.05) is 23.2 Å². The number of halogens is 2. The van der Waals surface area contributed by atoms with E-state index in [0.717, 1.165) is 15.4 Å². The van der Waals surface area contributed by atoms with Crippen LogP contribution in [0.25, 0.3) is 0 Å². The summed E-state index contributed by atoms with van der Waals surface area (Å²) in [4.78, 5) is 27.2. The fourth-order valence-electron chi connectivity index (χ4n) is 2.52. The molecule has 7 heteroatoms. The molecule has 2 aliphatic rings. The van der Waals surface area contributed by atoms with E-state index >= 15 is 0 Å². The number of rotatable bonds is 1. The molecule has 4 nitrogen and oxygen atoms in total. The number of anilines is 1. The summed E-state index contributed by atoms with van der Waals surface area (Å²) >= 11 is 13.4. The fourth-order valence-corrected chi connectivity index (χ4v) is 4.12. The van der Waals surface area contributed by atoms with E-state index in [1.807, 2.05) is 13.8 Å². The number of urea groups is 1. The molecule has 1 saturated heterocycles. The largest absolute Gasteiger partial charge is 0.329 e. The zero-order chi connectivity index (χ0) is 15.3. The Labute approximate surface area is 136 Å². The van der Waals surface area contributed by atoms with E-state index in [1.54, 1.807) is 12.1 Å². The molecule has 0 bridgehead atoms. The first-order valence-electron chi connectivity index (χ1n) is 6.33. The van der Waals surface area contributed by atoms with E-state index in [2.05, 4.69) is 5.32 Å². The quantitative estimate of drug-likeness (QED) is 0.837. The fraction of sp³-hybridized carbons (Fsp3) is 0.286. The molecule has 0 aliphatic carbocycles. The molecular formula is C14H12Cl2N2O2S. The second kappa shape index (κ2) is 5.23. The summed E-state index contributed by atoms with van der Waals surface area (Å²) in [6.07, 6.45) is 0. The molecule has 2 atom stereocenters. The highest BCUT2D eigenvalue weighted by atomic mass is 35.5. The van der Waals surface area contributed by atoms with Crippen LogP contribution in [-0.2, 0) is 4.79 Å². The Balaban J connectivity index is 2.00. The minimum Gasteiger partial charge on any atom is -0.324 e. The SMILES string of the molecule is CC1=C(C)C2C(=O)N(c3ccc(Cl)c(Cl)c3)C(=O)NC2S1. The normalized spacial score (nSPS) is 25.2. The highest BCUT2D eigenvalue weighted by Crippen LogP contribution is 2.44. The molecule has 1 N–H and O–H groups in total. The lowest BCUT2D eigenvalue weighted by Crippen LogP contribution is -2.58. The van der Waals surface area contributed by atoms with Crippen LogP contribution in [0.5, 0.6) is 0 Å². The molecule has 2 unspecified atom stereocenters. The Bertz CT molecular complexity index is 690. The van der Waals surface area contributed by atoms with E-state index in [1.165, 1.54) is 17.8 Å². The lowest BCUT2D eigenvalue weighted by atomic mass is 9.96. The average Bonchev–Trinajstić information content (AvgIpc) is 2.69. The van der Waals surface area contributed by atoms with E-state index in [9.17, 15) is 9.59 Å². The third kappa shape index (κ3) is 2.33. The van der Waals surface area contributed by atoms with Gasteiger partial charge in [0.2, 0.25) is 5.91 Å². The summed E-state index contributed by atoms with van der Waals surface area (Å²) in [7, 11) is 0. The Hall–Kier alpha value is -1.17. The summed E-state index contributed by atoms with van der Waals surface area (Å²) in [6, 6.07) is 4.27. The number of amides is 3. The molecular weight excluding hydrogens is 331 g/mol. The molecule has 3 rings (SSSR count). The molecule has 1 aromatic carbocycles. The number of hydrogen-bond acceptors (Lipinski definition) is 3. The number of nitrogens with zero attached hydrogens (tertiary/aromatic N) is 1.